The zero-order chi connectivity index (χ0) is 14.5. The van der Waals surface area contributed by atoms with E-state index < -0.39 is 6.10 Å². The van der Waals surface area contributed by atoms with Gasteiger partial charge in [0, 0.05) is 13.1 Å². The number of aryl methyl sites for hydroxylation is 1. The summed E-state index contributed by atoms with van der Waals surface area (Å²) in [5, 5.41) is 9.82. The summed E-state index contributed by atoms with van der Waals surface area (Å²) in [6, 6.07) is 7.79. The first-order valence-corrected chi connectivity index (χ1v) is 7.27. The molecule has 0 radical (unpaired) electrons. The molecule has 0 bridgehead atoms. The number of aliphatic hydroxyl groups excluding tert-OH is 1. The second-order valence-corrected chi connectivity index (χ2v) is 5.46. The van der Waals surface area contributed by atoms with Gasteiger partial charge in [-0.05, 0) is 36.5 Å². The minimum Gasteiger partial charge on any atom is -0.484 e. The first kappa shape index (κ1) is 14.9. The summed E-state index contributed by atoms with van der Waals surface area (Å²) in [6.07, 6.45) is 1.37. The molecule has 1 fully saturated rings. The summed E-state index contributed by atoms with van der Waals surface area (Å²) < 4.78 is 5.55. The second kappa shape index (κ2) is 6.75. The molecule has 1 heterocycles. The average molecular weight is 277 g/mol. The van der Waals surface area contributed by atoms with Crippen molar-refractivity contribution in [3.05, 3.63) is 29.8 Å². The molecule has 0 aliphatic carbocycles. The lowest BCUT2D eigenvalue weighted by Crippen LogP contribution is -2.47. The van der Waals surface area contributed by atoms with Crippen LogP contribution in [0.4, 0.5) is 0 Å². The Bertz CT molecular complexity index is 461. The number of hydrogen-bond acceptors (Lipinski definition) is 3. The van der Waals surface area contributed by atoms with Crippen molar-refractivity contribution in [3.63, 3.8) is 0 Å². The zero-order valence-corrected chi connectivity index (χ0v) is 12.2. The van der Waals surface area contributed by atoms with E-state index in [-0.39, 0.29) is 18.4 Å². The predicted octanol–water partition coefficient (Wildman–Crippen LogP) is 1.86. The Hall–Kier alpha value is -1.55. The molecule has 1 aliphatic heterocycles. The Balaban J connectivity index is 1.85. The number of likely N-dealkylation sites (tertiary alicyclic amines) is 1. The molecule has 1 saturated heterocycles. The second-order valence-electron chi connectivity index (χ2n) is 5.46. The van der Waals surface area contributed by atoms with Crippen LogP contribution in [0.2, 0.25) is 0 Å². The number of amides is 1. The van der Waals surface area contributed by atoms with E-state index >= 15 is 0 Å². The van der Waals surface area contributed by atoms with Crippen molar-refractivity contribution in [1.82, 2.24) is 4.90 Å². The Morgan fingerprint density at radius 2 is 2.30 bits per heavy atom. The summed E-state index contributed by atoms with van der Waals surface area (Å²) >= 11 is 0. The average Bonchev–Trinajstić information content (AvgIpc) is 2.47. The molecule has 1 amide bonds. The molecule has 4 nitrogen and oxygen atoms in total. The summed E-state index contributed by atoms with van der Waals surface area (Å²) in [5.74, 6) is 0.933. The largest absolute Gasteiger partial charge is 0.484 e. The van der Waals surface area contributed by atoms with E-state index in [0.29, 0.717) is 13.1 Å². The van der Waals surface area contributed by atoms with E-state index in [1.54, 1.807) is 4.90 Å². The summed E-state index contributed by atoms with van der Waals surface area (Å²) in [4.78, 5) is 13.8. The Morgan fingerprint density at radius 3 is 3.00 bits per heavy atom. The van der Waals surface area contributed by atoms with Crippen LogP contribution in [0.3, 0.4) is 0 Å². The fourth-order valence-electron chi connectivity index (χ4n) is 2.37. The van der Waals surface area contributed by atoms with E-state index in [9.17, 15) is 9.90 Å². The number of carbonyl (C=O) groups excluding carboxylic acids is 1. The molecule has 1 aliphatic rings. The van der Waals surface area contributed by atoms with Crippen molar-refractivity contribution < 1.29 is 14.6 Å². The molecule has 20 heavy (non-hydrogen) atoms. The molecule has 0 spiro atoms. The van der Waals surface area contributed by atoms with Gasteiger partial charge in [-0.2, -0.15) is 0 Å². The third-order valence-electron chi connectivity index (χ3n) is 3.94. The SMILES string of the molecule is CCc1cccc(OCC(=O)N2CCC(C)C(O)C2)c1. The Kier molecular flexibility index (Phi) is 5.01. The number of ether oxygens (including phenoxy) is 1. The molecular weight excluding hydrogens is 254 g/mol. The minimum absolute atomic E-state index is 0.0360. The maximum absolute atomic E-state index is 12.1. The number of rotatable bonds is 4. The third kappa shape index (κ3) is 3.73. The van der Waals surface area contributed by atoms with Gasteiger partial charge in [0.15, 0.2) is 6.61 Å². The van der Waals surface area contributed by atoms with Crippen LogP contribution in [-0.4, -0.2) is 41.7 Å². The first-order chi connectivity index (χ1) is 9.60. The lowest BCUT2D eigenvalue weighted by Gasteiger charge is -2.34. The van der Waals surface area contributed by atoms with Crippen LogP contribution in [0.5, 0.6) is 5.75 Å². The fraction of sp³-hybridized carbons (Fsp3) is 0.562. The Morgan fingerprint density at radius 1 is 1.50 bits per heavy atom. The maximum Gasteiger partial charge on any atom is 0.260 e. The van der Waals surface area contributed by atoms with Gasteiger partial charge >= 0.3 is 0 Å². The van der Waals surface area contributed by atoms with E-state index in [4.69, 9.17) is 4.74 Å². The number of aliphatic hydroxyl groups is 1. The lowest BCUT2D eigenvalue weighted by atomic mass is 9.96. The van der Waals surface area contributed by atoms with Crippen molar-refractivity contribution in [1.29, 1.82) is 0 Å². The standard InChI is InChI=1S/C16H23NO3/c1-3-13-5-4-6-14(9-13)20-11-16(19)17-8-7-12(2)15(18)10-17/h4-6,9,12,15,18H,3,7-8,10-11H2,1-2H3. The summed E-state index contributed by atoms with van der Waals surface area (Å²) in [6.45, 7) is 5.25. The lowest BCUT2D eigenvalue weighted by molar-refractivity contribution is -0.137. The van der Waals surface area contributed by atoms with Gasteiger partial charge in [0.05, 0.1) is 6.10 Å². The van der Waals surface area contributed by atoms with Crippen LogP contribution >= 0.6 is 0 Å². The molecule has 2 rings (SSSR count). The highest BCUT2D eigenvalue weighted by Gasteiger charge is 2.27. The smallest absolute Gasteiger partial charge is 0.260 e. The van der Waals surface area contributed by atoms with Gasteiger partial charge in [0.25, 0.3) is 5.91 Å². The van der Waals surface area contributed by atoms with Crippen LogP contribution in [-0.2, 0) is 11.2 Å². The number of nitrogens with zero attached hydrogens (tertiary/aromatic N) is 1. The van der Waals surface area contributed by atoms with Gasteiger partial charge in [-0.1, -0.05) is 26.0 Å². The zero-order valence-electron chi connectivity index (χ0n) is 12.2. The number of piperidine rings is 1. The normalized spacial score (nSPS) is 22.6. The van der Waals surface area contributed by atoms with E-state index in [0.717, 1.165) is 18.6 Å². The van der Waals surface area contributed by atoms with Crippen molar-refractivity contribution in [2.45, 2.75) is 32.8 Å². The maximum atomic E-state index is 12.1. The monoisotopic (exact) mass is 277 g/mol. The molecule has 0 aromatic heterocycles. The third-order valence-corrected chi connectivity index (χ3v) is 3.94. The van der Waals surface area contributed by atoms with Crippen molar-refractivity contribution in [2.75, 3.05) is 19.7 Å². The highest BCUT2D eigenvalue weighted by Crippen LogP contribution is 2.18. The molecule has 0 saturated carbocycles. The molecule has 2 unspecified atom stereocenters. The van der Waals surface area contributed by atoms with Crippen molar-refractivity contribution >= 4 is 5.91 Å². The van der Waals surface area contributed by atoms with Gasteiger partial charge in [0.1, 0.15) is 5.75 Å². The van der Waals surface area contributed by atoms with Gasteiger partial charge in [-0.3, -0.25) is 4.79 Å². The van der Waals surface area contributed by atoms with E-state index in [1.165, 1.54) is 5.56 Å². The number of benzene rings is 1. The van der Waals surface area contributed by atoms with Crippen LogP contribution < -0.4 is 4.74 Å². The topological polar surface area (TPSA) is 49.8 Å². The molecular formula is C16H23NO3. The van der Waals surface area contributed by atoms with Gasteiger partial charge in [-0.25, -0.2) is 0 Å². The quantitative estimate of drug-likeness (QED) is 0.914. The number of β-amino-alcohol motifs (C(OH)–C–C–N with tert-alkyl or cyclic N) is 1. The predicted molar refractivity (Wildman–Crippen MR) is 77.7 cm³/mol. The highest BCUT2D eigenvalue weighted by molar-refractivity contribution is 5.77. The Labute approximate surface area is 120 Å². The molecule has 1 N–H and O–H groups in total. The number of carbonyl (C=O) groups is 1. The summed E-state index contributed by atoms with van der Waals surface area (Å²) in [7, 11) is 0. The molecule has 1 aromatic rings. The first-order valence-electron chi connectivity index (χ1n) is 7.27. The van der Waals surface area contributed by atoms with Crippen molar-refractivity contribution in [3.8, 4) is 5.75 Å². The van der Waals surface area contributed by atoms with E-state index in [2.05, 4.69) is 6.92 Å². The van der Waals surface area contributed by atoms with Gasteiger partial charge < -0.3 is 14.7 Å². The van der Waals surface area contributed by atoms with Crippen molar-refractivity contribution in [2.24, 2.45) is 5.92 Å². The molecule has 4 heteroatoms. The highest BCUT2D eigenvalue weighted by atomic mass is 16.5. The van der Waals surface area contributed by atoms with Crippen LogP contribution in [0.25, 0.3) is 0 Å². The minimum atomic E-state index is -0.420. The van der Waals surface area contributed by atoms with Crippen LogP contribution in [0.15, 0.2) is 24.3 Å². The van der Waals surface area contributed by atoms with Gasteiger partial charge in [-0.15, -0.1) is 0 Å². The van der Waals surface area contributed by atoms with Gasteiger partial charge in [0.2, 0.25) is 0 Å². The number of hydrogen-bond donors (Lipinski definition) is 1. The summed E-state index contributed by atoms with van der Waals surface area (Å²) in [5.41, 5.74) is 1.19. The van der Waals surface area contributed by atoms with E-state index in [1.807, 2.05) is 31.2 Å². The molecule has 1 aromatic carbocycles. The van der Waals surface area contributed by atoms with Crippen LogP contribution in [0, 0.1) is 5.92 Å². The fourth-order valence-corrected chi connectivity index (χ4v) is 2.37. The molecule has 2 atom stereocenters. The van der Waals surface area contributed by atoms with Crippen LogP contribution in [0.1, 0.15) is 25.8 Å². The molecule has 110 valence electrons.